The van der Waals surface area contributed by atoms with Gasteiger partial charge in [-0.3, -0.25) is 9.59 Å². The number of carbonyl (C=O) groups excluding carboxylic acids is 2. The van der Waals surface area contributed by atoms with Gasteiger partial charge in [0, 0.05) is 23.9 Å². The largest absolute Gasteiger partial charge is 0.491 e. The number of carbonyl (C=O) groups is 2. The van der Waals surface area contributed by atoms with E-state index >= 15 is 0 Å². The molecule has 0 radical (unpaired) electrons. The van der Waals surface area contributed by atoms with E-state index in [4.69, 9.17) is 4.74 Å². The first-order valence-corrected chi connectivity index (χ1v) is 12.9. The quantitative estimate of drug-likeness (QED) is 0.475. The normalized spacial score (nSPS) is 15.8. The Morgan fingerprint density at radius 2 is 1.79 bits per heavy atom. The number of fused-ring (bicyclic) bond motifs is 1. The van der Waals surface area contributed by atoms with Crippen LogP contribution in [0.5, 0.6) is 5.75 Å². The first-order chi connectivity index (χ1) is 15.7. The lowest BCUT2D eigenvalue weighted by Gasteiger charge is -2.38. The van der Waals surface area contributed by atoms with E-state index in [1.54, 1.807) is 16.2 Å². The summed E-state index contributed by atoms with van der Waals surface area (Å²) in [6.07, 6.45) is 1.30. The highest BCUT2D eigenvalue weighted by Gasteiger charge is 2.34. The molecule has 1 atom stereocenters. The third-order valence-corrected chi connectivity index (χ3v) is 7.20. The molecule has 180 valence electrons. The molecule has 1 aliphatic heterocycles. The average Bonchev–Trinajstić information content (AvgIpc) is 3.24. The summed E-state index contributed by atoms with van der Waals surface area (Å²) < 4.78 is 6.17. The first-order valence-electron chi connectivity index (χ1n) is 12.0. The summed E-state index contributed by atoms with van der Waals surface area (Å²) in [6, 6.07) is 10.1. The summed E-state index contributed by atoms with van der Waals surface area (Å²) in [5.41, 5.74) is 2.44. The van der Waals surface area contributed by atoms with Crippen LogP contribution in [0.2, 0.25) is 0 Å². The Bertz CT molecular complexity index is 933. The maximum Gasteiger partial charge on any atom is 0.242 e. The van der Waals surface area contributed by atoms with Crippen LogP contribution in [0.25, 0.3) is 0 Å². The second kappa shape index (κ2) is 11.2. The number of nitrogens with zero attached hydrogens (tertiary/aromatic N) is 2. The third-order valence-electron chi connectivity index (χ3n) is 6.20. The number of thiophene rings is 1. The molecular weight excluding hydrogens is 432 g/mol. The van der Waals surface area contributed by atoms with Crippen molar-refractivity contribution in [3.63, 3.8) is 0 Å². The Morgan fingerprint density at radius 3 is 2.39 bits per heavy atom. The monoisotopic (exact) mass is 470 g/mol. The predicted molar refractivity (Wildman–Crippen MR) is 135 cm³/mol. The van der Waals surface area contributed by atoms with Crippen molar-refractivity contribution in [2.75, 3.05) is 19.7 Å². The van der Waals surface area contributed by atoms with Crippen molar-refractivity contribution in [2.45, 2.75) is 72.4 Å². The van der Waals surface area contributed by atoms with Gasteiger partial charge in [-0.15, -0.1) is 11.3 Å². The standard InChI is InChI=1S/C27H38N2O3S/c1-18(2)15-26(30)29(20(5)6)16-27(31)28-13-11-25-23(12-14-33-25)24(28)17-32-22-9-7-21(8-10-22)19(3)4/h7-10,12,14,18-20,24H,11,13,15-17H2,1-6H3. The van der Waals surface area contributed by atoms with Gasteiger partial charge in [0.25, 0.3) is 0 Å². The number of rotatable bonds is 9. The first kappa shape index (κ1) is 25.3. The van der Waals surface area contributed by atoms with Crippen LogP contribution < -0.4 is 4.74 Å². The highest BCUT2D eigenvalue weighted by atomic mass is 32.1. The van der Waals surface area contributed by atoms with E-state index in [1.165, 1.54) is 16.0 Å². The molecule has 2 amide bonds. The van der Waals surface area contributed by atoms with Gasteiger partial charge in [-0.2, -0.15) is 0 Å². The van der Waals surface area contributed by atoms with Crippen molar-refractivity contribution in [1.29, 1.82) is 0 Å². The minimum Gasteiger partial charge on any atom is -0.491 e. The zero-order chi connectivity index (χ0) is 24.1. The molecule has 1 aliphatic rings. The lowest BCUT2D eigenvalue weighted by molar-refractivity contribution is -0.144. The minimum absolute atomic E-state index is 0.0126. The summed E-state index contributed by atoms with van der Waals surface area (Å²) in [7, 11) is 0. The Morgan fingerprint density at radius 1 is 1.09 bits per heavy atom. The molecule has 0 saturated carbocycles. The molecule has 1 aromatic heterocycles. The van der Waals surface area contributed by atoms with Crippen molar-refractivity contribution < 1.29 is 14.3 Å². The number of benzene rings is 1. The summed E-state index contributed by atoms with van der Waals surface area (Å²) in [5, 5.41) is 2.09. The van der Waals surface area contributed by atoms with Crippen molar-refractivity contribution in [3.05, 3.63) is 51.7 Å². The van der Waals surface area contributed by atoms with E-state index in [2.05, 4.69) is 37.4 Å². The van der Waals surface area contributed by atoms with Crippen LogP contribution in [0.1, 0.15) is 75.9 Å². The number of hydrogen-bond acceptors (Lipinski definition) is 4. The smallest absolute Gasteiger partial charge is 0.242 e. The van der Waals surface area contributed by atoms with E-state index in [0.717, 1.165) is 12.2 Å². The third kappa shape index (κ3) is 6.38. The zero-order valence-electron chi connectivity index (χ0n) is 20.8. The maximum atomic E-state index is 13.5. The summed E-state index contributed by atoms with van der Waals surface area (Å²) in [4.78, 5) is 31.2. The molecule has 1 aromatic carbocycles. The van der Waals surface area contributed by atoms with Crippen LogP contribution in [0, 0.1) is 5.92 Å². The van der Waals surface area contributed by atoms with Gasteiger partial charge in [0.2, 0.25) is 11.8 Å². The number of ether oxygens (including phenoxy) is 1. The second-order valence-corrected chi connectivity index (χ2v) is 10.9. The van der Waals surface area contributed by atoms with Crippen molar-refractivity contribution in [2.24, 2.45) is 5.92 Å². The molecule has 0 aliphatic carbocycles. The summed E-state index contributed by atoms with van der Waals surface area (Å²) >= 11 is 1.74. The Kier molecular flexibility index (Phi) is 8.57. The Labute approximate surface area is 202 Å². The number of amides is 2. The molecular formula is C27H38N2O3S. The highest BCUT2D eigenvalue weighted by Crippen LogP contribution is 2.34. The Hall–Kier alpha value is -2.34. The fourth-order valence-corrected chi connectivity index (χ4v) is 5.19. The molecule has 0 spiro atoms. The second-order valence-electron chi connectivity index (χ2n) is 9.90. The van der Waals surface area contributed by atoms with Crippen LogP contribution in [0.4, 0.5) is 0 Å². The van der Waals surface area contributed by atoms with Crippen LogP contribution >= 0.6 is 11.3 Å². The van der Waals surface area contributed by atoms with Gasteiger partial charge in [0.05, 0.1) is 12.6 Å². The lowest BCUT2D eigenvalue weighted by atomic mass is 10.00. The van der Waals surface area contributed by atoms with Crippen LogP contribution in [-0.4, -0.2) is 47.4 Å². The fraction of sp³-hybridized carbons (Fsp3) is 0.556. The van der Waals surface area contributed by atoms with E-state index < -0.39 is 0 Å². The minimum atomic E-state index is -0.147. The molecule has 3 rings (SSSR count). The number of hydrogen-bond donors (Lipinski definition) is 0. The van der Waals surface area contributed by atoms with Gasteiger partial charge < -0.3 is 14.5 Å². The van der Waals surface area contributed by atoms with Crippen molar-refractivity contribution in [3.8, 4) is 5.75 Å². The molecule has 0 N–H and O–H groups in total. The molecule has 0 bridgehead atoms. The molecule has 6 heteroatoms. The van der Waals surface area contributed by atoms with Gasteiger partial charge in [-0.05, 0) is 66.8 Å². The van der Waals surface area contributed by atoms with Gasteiger partial charge in [-0.1, -0.05) is 39.8 Å². The highest BCUT2D eigenvalue weighted by molar-refractivity contribution is 7.10. The maximum absolute atomic E-state index is 13.5. The lowest BCUT2D eigenvalue weighted by Crippen LogP contribution is -2.49. The van der Waals surface area contributed by atoms with E-state index in [9.17, 15) is 9.59 Å². The van der Waals surface area contributed by atoms with Gasteiger partial charge in [-0.25, -0.2) is 0 Å². The topological polar surface area (TPSA) is 49.9 Å². The van der Waals surface area contributed by atoms with Crippen molar-refractivity contribution in [1.82, 2.24) is 9.80 Å². The van der Waals surface area contributed by atoms with E-state index in [0.29, 0.717) is 25.5 Å². The predicted octanol–water partition coefficient (Wildman–Crippen LogP) is 5.66. The average molecular weight is 471 g/mol. The zero-order valence-corrected chi connectivity index (χ0v) is 21.7. The molecule has 33 heavy (non-hydrogen) atoms. The van der Waals surface area contributed by atoms with E-state index in [1.807, 2.05) is 44.7 Å². The van der Waals surface area contributed by atoms with E-state index in [-0.39, 0.29) is 36.4 Å². The van der Waals surface area contributed by atoms with Crippen molar-refractivity contribution >= 4 is 23.2 Å². The molecule has 2 aromatic rings. The molecule has 0 fully saturated rings. The molecule has 2 heterocycles. The van der Waals surface area contributed by atoms with Gasteiger partial charge in [0.1, 0.15) is 12.4 Å². The molecule has 0 saturated heterocycles. The molecule has 5 nitrogen and oxygen atoms in total. The summed E-state index contributed by atoms with van der Waals surface area (Å²) in [5.74, 6) is 1.58. The van der Waals surface area contributed by atoms with Crippen LogP contribution in [-0.2, 0) is 16.0 Å². The fourth-order valence-electron chi connectivity index (χ4n) is 4.26. The Balaban J connectivity index is 1.75. The van der Waals surface area contributed by atoms with Gasteiger partial charge >= 0.3 is 0 Å². The van der Waals surface area contributed by atoms with Gasteiger partial charge in [0.15, 0.2) is 0 Å². The summed E-state index contributed by atoms with van der Waals surface area (Å²) in [6.45, 7) is 13.5. The SMILES string of the molecule is CC(C)CC(=O)N(CC(=O)N1CCc2sccc2C1COc1ccc(C(C)C)cc1)C(C)C. The van der Waals surface area contributed by atoms with Crippen LogP contribution in [0.15, 0.2) is 35.7 Å². The van der Waals surface area contributed by atoms with Crippen LogP contribution in [0.3, 0.4) is 0 Å². The molecule has 1 unspecified atom stereocenters.